The van der Waals surface area contributed by atoms with Crippen LogP contribution in [0.4, 0.5) is 4.39 Å². The van der Waals surface area contributed by atoms with Gasteiger partial charge in [0.05, 0.1) is 0 Å². The summed E-state index contributed by atoms with van der Waals surface area (Å²) in [7, 11) is 0. The Morgan fingerprint density at radius 1 is 1.50 bits per heavy atom. The predicted molar refractivity (Wildman–Crippen MR) is 51.9 cm³/mol. The summed E-state index contributed by atoms with van der Waals surface area (Å²) in [5.74, 6) is -0.632. The standard InChI is InChI=1S/C7H5Cl2FN4/c8-6-4(1-2-12-14-11)3-5(10)7(9)13-6/h3H,1-2H2. The van der Waals surface area contributed by atoms with E-state index < -0.39 is 5.82 Å². The molecular formula is C7H5Cl2FN4. The molecule has 0 unspecified atom stereocenters. The van der Waals surface area contributed by atoms with Gasteiger partial charge in [0.1, 0.15) is 5.15 Å². The maximum absolute atomic E-state index is 12.9. The number of pyridine rings is 1. The lowest BCUT2D eigenvalue weighted by atomic mass is 10.2. The van der Waals surface area contributed by atoms with E-state index in [1.807, 2.05) is 0 Å². The lowest BCUT2D eigenvalue weighted by molar-refractivity contribution is 0.619. The molecule has 0 atom stereocenters. The molecule has 0 N–H and O–H groups in total. The van der Waals surface area contributed by atoms with Gasteiger partial charge >= 0.3 is 0 Å². The van der Waals surface area contributed by atoms with Crippen molar-refractivity contribution in [2.24, 2.45) is 5.11 Å². The molecule has 14 heavy (non-hydrogen) atoms. The van der Waals surface area contributed by atoms with E-state index in [0.29, 0.717) is 12.0 Å². The number of azide groups is 1. The molecule has 0 spiro atoms. The molecule has 0 aliphatic rings. The summed E-state index contributed by atoms with van der Waals surface area (Å²) in [6.45, 7) is 0.207. The van der Waals surface area contributed by atoms with Gasteiger partial charge in [-0.25, -0.2) is 9.37 Å². The number of halogens is 3. The summed E-state index contributed by atoms with van der Waals surface area (Å²) >= 11 is 11.1. The van der Waals surface area contributed by atoms with Crippen molar-refractivity contribution < 1.29 is 4.39 Å². The average molecular weight is 235 g/mol. The van der Waals surface area contributed by atoms with Crippen LogP contribution in [-0.2, 0) is 6.42 Å². The molecule has 0 bridgehead atoms. The fraction of sp³-hybridized carbons (Fsp3) is 0.286. The molecule has 0 radical (unpaired) electrons. The Morgan fingerprint density at radius 3 is 2.86 bits per heavy atom. The van der Waals surface area contributed by atoms with Crippen molar-refractivity contribution >= 4 is 23.2 Å². The third-order valence-corrected chi connectivity index (χ3v) is 2.10. The van der Waals surface area contributed by atoms with Crippen molar-refractivity contribution in [1.29, 1.82) is 0 Å². The summed E-state index contributed by atoms with van der Waals surface area (Å²) < 4.78 is 12.9. The number of aromatic nitrogens is 1. The van der Waals surface area contributed by atoms with Gasteiger partial charge in [-0.05, 0) is 23.6 Å². The number of rotatable bonds is 3. The van der Waals surface area contributed by atoms with E-state index in [2.05, 4.69) is 15.0 Å². The first-order valence-corrected chi connectivity index (χ1v) is 4.42. The van der Waals surface area contributed by atoms with Crippen LogP contribution in [0.3, 0.4) is 0 Å². The van der Waals surface area contributed by atoms with E-state index in [-0.39, 0.29) is 16.9 Å². The van der Waals surface area contributed by atoms with Crippen molar-refractivity contribution in [3.8, 4) is 0 Å². The molecule has 4 nitrogen and oxygen atoms in total. The molecule has 0 fully saturated rings. The Kier molecular flexibility index (Phi) is 3.95. The Morgan fingerprint density at radius 2 is 2.21 bits per heavy atom. The van der Waals surface area contributed by atoms with Gasteiger partial charge in [-0.3, -0.25) is 0 Å². The van der Waals surface area contributed by atoms with Crippen LogP contribution in [-0.4, -0.2) is 11.5 Å². The van der Waals surface area contributed by atoms with E-state index in [0.717, 1.165) is 0 Å². The highest BCUT2D eigenvalue weighted by Crippen LogP contribution is 2.20. The lowest BCUT2D eigenvalue weighted by Crippen LogP contribution is -1.95. The molecule has 0 aliphatic carbocycles. The normalized spacial score (nSPS) is 9.64. The van der Waals surface area contributed by atoms with Gasteiger partial charge in [0.15, 0.2) is 11.0 Å². The van der Waals surface area contributed by atoms with Crippen LogP contribution in [0, 0.1) is 5.82 Å². The topological polar surface area (TPSA) is 61.7 Å². The quantitative estimate of drug-likeness (QED) is 0.342. The largest absolute Gasteiger partial charge is 0.221 e. The molecular weight excluding hydrogens is 230 g/mol. The lowest BCUT2D eigenvalue weighted by Gasteiger charge is -2.02. The van der Waals surface area contributed by atoms with Crippen LogP contribution >= 0.6 is 23.2 Å². The van der Waals surface area contributed by atoms with E-state index in [1.165, 1.54) is 6.07 Å². The van der Waals surface area contributed by atoms with Crippen molar-refractivity contribution in [2.45, 2.75) is 6.42 Å². The number of hydrogen-bond donors (Lipinski definition) is 0. The monoisotopic (exact) mass is 234 g/mol. The Labute approximate surface area is 89.3 Å². The van der Waals surface area contributed by atoms with Crippen molar-refractivity contribution in [1.82, 2.24) is 4.98 Å². The van der Waals surface area contributed by atoms with Gasteiger partial charge in [-0.2, -0.15) is 0 Å². The first-order valence-electron chi connectivity index (χ1n) is 3.66. The zero-order valence-electron chi connectivity index (χ0n) is 6.91. The third kappa shape index (κ3) is 2.73. The zero-order chi connectivity index (χ0) is 10.6. The molecule has 1 heterocycles. The minimum atomic E-state index is -0.632. The zero-order valence-corrected chi connectivity index (χ0v) is 8.43. The van der Waals surface area contributed by atoms with E-state index >= 15 is 0 Å². The summed E-state index contributed by atoms with van der Waals surface area (Å²) in [6, 6.07) is 1.19. The van der Waals surface area contributed by atoms with Crippen molar-refractivity contribution in [3.63, 3.8) is 0 Å². The molecule has 0 saturated heterocycles. The highest BCUT2D eigenvalue weighted by atomic mass is 35.5. The minimum absolute atomic E-state index is 0.129. The first kappa shape index (κ1) is 11.0. The van der Waals surface area contributed by atoms with Gasteiger partial charge in [0.25, 0.3) is 0 Å². The highest BCUT2D eigenvalue weighted by molar-refractivity contribution is 6.32. The molecule has 1 aromatic rings. The summed E-state index contributed by atoms with van der Waals surface area (Å²) in [5.41, 5.74) is 8.50. The second-order valence-electron chi connectivity index (χ2n) is 2.42. The molecule has 0 amide bonds. The SMILES string of the molecule is [N-]=[N+]=NCCc1cc(F)c(Cl)nc1Cl. The Hall–Kier alpha value is -1.03. The third-order valence-electron chi connectivity index (χ3n) is 1.50. The second kappa shape index (κ2) is 5.00. The molecule has 7 heteroatoms. The summed E-state index contributed by atoms with van der Waals surface area (Å²) in [5, 5.41) is 3.17. The Balaban J connectivity index is 2.86. The van der Waals surface area contributed by atoms with Gasteiger partial charge in [0, 0.05) is 11.5 Å². The first-order chi connectivity index (χ1) is 6.65. The number of nitrogens with zero attached hydrogens (tertiary/aromatic N) is 4. The summed E-state index contributed by atoms with van der Waals surface area (Å²) in [6.07, 6.45) is 0.337. The molecule has 1 aromatic heterocycles. The van der Waals surface area contributed by atoms with Crippen LogP contribution in [0.25, 0.3) is 10.4 Å². The van der Waals surface area contributed by atoms with Crippen LogP contribution in [0.2, 0.25) is 10.3 Å². The molecule has 0 aliphatic heterocycles. The molecule has 74 valence electrons. The predicted octanol–water partition coefficient (Wildman–Crippen LogP) is 3.38. The number of hydrogen-bond acceptors (Lipinski definition) is 2. The van der Waals surface area contributed by atoms with E-state index in [9.17, 15) is 4.39 Å². The molecule has 0 saturated carbocycles. The van der Waals surface area contributed by atoms with Crippen LogP contribution in [0.15, 0.2) is 11.2 Å². The van der Waals surface area contributed by atoms with Gasteiger partial charge in [-0.15, -0.1) is 0 Å². The van der Waals surface area contributed by atoms with Gasteiger partial charge < -0.3 is 0 Å². The van der Waals surface area contributed by atoms with Crippen LogP contribution in [0.1, 0.15) is 5.56 Å². The van der Waals surface area contributed by atoms with Crippen molar-refractivity contribution in [2.75, 3.05) is 6.54 Å². The smallest absolute Gasteiger partial charge is 0.166 e. The van der Waals surface area contributed by atoms with E-state index in [4.69, 9.17) is 28.7 Å². The summed E-state index contributed by atoms with van der Waals surface area (Å²) in [4.78, 5) is 6.14. The maximum atomic E-state index is 12.9. The minimum Gasteiger partial charge on any atom is -0.221 e. The Bertz CT molecular complexity index is 390. The average Bonchev–Trinajstić information content (AvgIpc) is 2.14. The fourth-order valence-electron chi connectivity index (χ4n) is 0.874. The van der Waals surface area contributed by atoms with Crippen LogP contribution < -0.4 is 0 Å². The maximum Gasteiger partial charge on any atom is 0.166 e. The van der Waals surface area contributed by atoms with Gasteiger partial charge in [0.2, 0.25) is 0 Å². The molecule has 1 rings (SSSR count). The fourth-order valence-corrected chi connectivity index (χ4v) is 1.29. The van der Waals surface area contributed by atoms with Crippen molar-refractivity contribution in [3.05, 3.63) is 38.2 Å². The molecule has 0 aromatic carbocycles. The van der Waals surface area contributed by atoms with Gasteiger partial charge in [-0.1, -0.05) is 28.3 Å². The highest BCUT2D eigenvalue weighted by Gasteiger charge is 2.07. The van der Waals surface area contributed by atoms with E-state index in [1.54, 1.807) is 0 Å². The second-order valence-corrected chi connectivity index (χ2v) is 3.13. The van der Waals surface area contributed by atoms with Crippen LogP contribution in [0.5, 0.6) is 0 Å².